The zero-order chi connectivity index (χ0) is 19.1. The van der Waals surface area contributed by atoms with Crippen LogP contribution in [0, 0.1) is 12.8 Å². The number of carbonyl (C=O) groups is 1. The van der Waals surface area contributed by atoms with Gasteiger partial charge in [0.2, 0.25) is 5.91 Å². The van der Waals surface area contributed by atoms with E-state index >= 15 is 0 Å². The van der Waals surface area contributed by atoms with E-state index in [1.54, 1.807) is 18.3 Å². The van der Waals surface area contributed by atoms with E-state index in [0.29, 0.717) is 21.8 Å². The van der Waals surface area contributed by atoms with Crippen LogP contribution in [0.15, 0.2) is 29.1 Å². The molecule has 2 heterocycles. The Bertz CT molecular complexity index is 1070. The van der Waals surface area contributed by atoms with Crippen LogP contribution in [0.4, 0.5) is 5.69 Å². The zero-order valence-electron chi connectivity index (χ0n) is 15.7. The van der Waals surface area contributed by atoms with Crippen molar-refractivity contribution in [2.45, 2.75) is 46.1 Å². The highest BCUT2D eigenvalue weighted by Gasteiger charge is 2.26. The van der Waals surface area contributed by atoms with Crippen molar-refractivity contribution in [3.8, 4) is 0 Å². The number of carbonyl (C=O) groups excluding carboxylic acids is 1. The molecule has 0 spiro atoms. The predicted octanol–water partition coefficient (Wildman–Crippen LogP) is 3.49. The molecule has 0 saturated carbocycles. The number of benzene rings is 1. The lowest BCUT2D eigenvalue weighted by molar-refractivity contribution is -0.119. The number of rotatable bonds is 3. The molecule has 3 aromatic rings. The van der Waals surface area contributed by atoms with Gasteiger partial charge in [0.25, 0.3) is 5.56 Å². The molecule has 1 aromatic carbocycles. The molecule has 0 radical (unpaired) electrons. The van der Waals surface area contributed by atoms with Crippen LogP contribution in [0.1, 0.15) is 42.3 Å². The van der Waals surface area contributed by atoms with Crippen molar-refractivity contribution < 1.29 is 4.79 Å². The molecular weight excluding hydrogens is 360 g/mol. The molecule has 27 heavy (non-hydrogen) atoms. The average molecular weight is 382 g/mol. The molecule has 0 fully saturated rings. The number of nitrogens with zero attached hydrogens (tertiary/aromatic N) is 3. The minimum atomic E-state index is -0.742. The van der Waals surface area contributed by atoms with Crippen LogP contribution in [0.2, 0.25) is 0 Å². The normalized spacial score (nSPS) is 17.5. The van der Waals surface area contributed by atoms with Gasteiger partial charge in [0.05, 0.1) is 5.39 Å². The molecule has 0 saturated heterocycles. The van der Waals surface area contributed by atoms with Gasteiger partial charge in [-0.2, -0.15) is 4.68 Å². The van der Waals surface area contributed by atoms with Crippen LogP contribution >= 0.6 is 11.3 Å². The topological polar surface area (TPSA) is 76.9 Å². The predicted molar refractivity (Wildman–Crippen MR) is 107 cm³/mol. The van der Waals surface area contributed by atoms with Gasteiger partial charge in [-0.15, -0.1) is 16.4 Å². The number of hydrogen-bond donors (Lipinski definition) is 1. The number of fused-ring (bicyclic) bond motifs is 3. The summed E-state index contributed by atoms with van der Waals surface area (Å²) in [7, 11) is 0. The van der Waals surface area contributed by atoms with E-state index in [1.807, 2.05) is 31.2 Å². The molecule has 0 aliphatic heterocycles. The highest BCUT2D eigenvalue weighted by Crippen LogP contribution is 2.35. The standard InChI is InChI=1S/C20H22N4O2S/c1-11-4-7-14(8-5-11)21-18(25)13(3)24-20(26)17-15-9-6-12(2)10-16(15)27-19(17)22-23-24/h4-5,7-8,12-13H,6,9-10H2,1-3H3,(H,21,25)/t12-,13-/m1/s1. The van der Waals surface area contributed by atoms with Gasteiger partial charge in [-0.05, 0) is 56.7 Å². The molecule has 6 nitrogen and oxygen atoms in total. The Morgan fingerprint density at radius 2 is 2.07 bits per heavy atom. The van der Waals surface area contributed by atoms with E-state index in [2.05, 4.69) is 22.6 Å². The maximum Gasteiger partial charge on any atom is 0.279 e. The molecule has 1 N–H and O–H groups in total. The second-order valence-electron chi connectivity index (χ2n) is 7.40. The molecular formula is C20H22N4O2S. The Kier molecular flexibility index (Phi) is 4.55. The quantitative estimate of drug-likeness (QED) is 0.752. The van der Waals surface area contributed by atoms with Crippen LogP contribution in [0.25, 0.3) is 10.2 Å². The summed E-state index contributed by atoms with van der Waals surface area (Å²) in [6.45, 7) is 5.89. The van der Waals surface area contributed by atoms with E-state index in [-0.39, 0.29) is 11.5 Å². The van der Waals surface area contributed by atoms with E-state index in [0.717, 1.165) is 30.4 Å². The van der Waals surface area contributed by atoms with E-state index < -0.39 is 6.04 Å². The number of anilines is 1. The van der Waals surface area contributed by atoms with Crippen molar-refractivity contribution in [2.24, 2.45) is 5.92 Å². The first-order valence-electron chi connectivity index (χ1n) is 9.21. The summed E-state index contributed by atoms with van der Waals surface area (Å²) in [6, 6.07) is 6.80. The van der Waals surface area contributed by atoms with Gasteiger partial charge in [-0.1, -0.05) is 29.8 Å². The Labute approximate surface area is 161 Å². The van der Waals surface area contributed by atoms with E-state index in [4.69, 9.17) is 0 Å². The number of nitrogens with one attached hydrogen (secondary N) is 1. The summed E-state index contributed by atoms with van der Waals surface area (Å²) in [4.78, 5) is 27.6. The molecule has 1 aliphatic rings. The van der Waals surface area contributed by atoms with Crippen molar-refractivity contribution in [3.63, 3.8) is 0 Å². The monoisotopic (exact) mass is 382 g/mol. The third-order valence-electron chi connectivity index (χ3n) is 5.21. The third kappa shape index (κ3) is 3.27. The molecule has 7 heteroatoms. The number of thiophene rings is 1. The molecule has 140 valence electrons. The Hall–Kier alpha value is -2.54. The Morgan fingerprint density at radius 3 is 2.81 bits per heavy atom. The third-order valence-corrected chi connectivity index (χ3v) is 6.35. The molecule has 1 aliphatic carbocycles. The smallest absolute Gasteiger partial charge is 0.279 e. The van der Waals surface area contributed by atoms with Gasteiger partial charge in [0, 0.05) is 10.6 Å². The lowest BCUT2D eigenvalue weighted by atomic mass is 9.89. The van der Waals surface area contributed by atoms with Crippen LogP contribution in [-0.2, 0) is 17.6 Å². The number of aryl methyl sites for hydroxylation is 2. The lowest BCUT2D eigenvalue weighted by Gasteiger charge is -2.17. The Balaban J connectivity index is 1.66. The first-order chi connectivity index (χ1) is 12.9. The summed E-state index contributed by atoms with van der Waals surface area (Å²) in [6.07, 6.45) is 2.95. The molecule has 0 bridgehead atoms. The molecule has 1 amide bonds. The van der Waals surface area contributed by atoms with Crippen LogP contribution < -0.4 is 10.9 Å². The first kappa shape index (κ1) is 17.9. The van der Waals surface area contributed by atoms with Crippen LogP contribution in [-0.4, -0.2) is 20.9 Å². The maximum absolute atomic E-state index is 13.1. The maximum atomic E-state index is 13.1. The number of hydrogen-bond acceptors (Lipinski definition) is 5. The molecule has 2 atom stereocenters. The molecule has 0 unspecified atom stereocenters. The van der Waals surface area contributed by atoms with E-state index in [1.165, 1.54) is 9.56 Å². The largest absolute Gasteiger partial charge is 0.324 e. The summed E-state index contributed by atoms with van der Waals surface area (Å²) >= 11 is 1.56. The number of amides is 1. The van der Waals surface area contributed by atoms with Crippen molar-refractivity contribution in [1.82, 2.24) is 15.0 Å². The molecule has 2 aromatic heterocycles. The van der Waals surface area contributed by atoms with Crippen molar-refractivity contribution >= 4 is 33.1 Å². The van der Waals surface area contributed by atoms with Gasteiger partial charge in [-0.3, -0.25) is 9.59 Å². The highest BCUT2D eigenvalue weighted by molar-refractivity contribution is 7.18. The second kappa shape index (κ2) is 6.88. The van der Waals surface area contributed by atoms with Crippen molar-refractivity contribution in [2.75, 3.05) is 5.32 Å². The summed E-state index contributed by atoms with van der Waals surface area (Å²) in [5.41, 5.74) is 2.69. The minimum Gasteiger partial charge on any atom is -0.324 e. The fraction of sp³-hybridized carbons (Fsp3) is 0.400. The minimum absolute atomic E-state index is 0.224. The van der Waals surface area contributed by atoms with Crippen molar-refractivity contribution in [1.29, 1.82) is 0 Å². The molecule has 4 rings (SSSR count). The lowest BCUT2D eigenvalue weighted by Crippen LogP contribution is -2.34. The fourth-order valence-electron chi connectivity index (χ4n) is 3.52. The second-order valence-corrected chi connectivity index (χ2v) is 8.49. The van der Waals surface area contributed by atoms with Gasteiger partial charge in [-0.25, -0.2) is 0 Å². The SMILES string of the molecule is Cc1ccc(NC(=O)[C@@H](C)n2nnc3sc4c(c3c2=O)CC[C@@H](C)C4)cc1. The van der Waals surface area contributed by atoms with E-state index in [9.17, 15) is 9.59 Å². The highest BCUT2D eigenvalue weighted by atomic mass is 32.1. The van der Waals surface area contributed by atoms with Crippen molar-refractivity contribution in [3.05, 3.63) is 50.6 Å². The zero-order valence-corrected chi connectivity index (χ0v) is 16.5. The van der Waals surface area contributed by atoms with Gasteiger partial charge < -0.3 is 5.32 Å². The van der Waals surface area contributed by atoms with Gasteiger partial charge >= 0.3 is 0 Å². The summed E-state index contributed by atoms with van der Waals surface area (Å²) < 4.78 is 1.21. The Morgan fingerprint density at radius 1 is 1.33 bits per heavy atom. The summed E-state index contributed by atoms with van der Waals surface area (Å²) in [5.74, 6) is 0.340. The van der Waals surface area contributed by atoms with Crippen LogP contribution in [0.3, 0.4) is 0 Å². The van der Waals surface area contributed by atoms with Gasteiger partial charge in [0.1, 0.15) is 6.04 Å². The van der Waals surface area contributed by atoms with Crippen LogP contribution in [0.5, 0.6) is 0 Å². The first-order valence-corrected chi connectivity index (χ1v) is 10.0. The average Bonchev–Trinajstić information content (AvgIpc) is 3.01. The van der Waals surface area contributed by atoms with Gasteiger partial charge in [0.15, 0.2) is 4.83 Å². The number of aromatic nitrogens is 3. The summed E-state index contributed by atoms with van der Waals surface area (Å²) in [5, 5.41) is 11.8. The fourth-order valence-corrected chi connectivity index (χ4v) is 4.84.